The molecule has 2 N–H and O–H groups in total. The van der Waals surface area contributed by atoms with E-state index in [1.165, 1.54) is 38.5 Å². The van der Waals surface area contributed by atoms with Gasteiger partial charge in [0.2, 0.25) is 0 Å². The number of rotatable bonds is 3. The summed E-state index contributed by atoms with van der Waals surface area (Å²) in [6.07, 6.45) is 9.56. The third kappa shape index (κ3) is 2.51. The minimum atomic E-state index is -0.237. The molecule has 0 spiro atoms. The molecule has 0 aliphatic heterocycles. The quantitative estimate of drug-likeness (QED) is 0.441. The van der Waals surface area contributed by atoms with Crippen molar-refractivity contribution in [2.45, 2.75) is 63.0 Å². The fourth-order valence-corrected chi connectivity index (χ4v) is 2.38. The first-order valence-corrected chi connectivity index (χ1v) is 6.16. The van der Waals surface area contributed by atoms with Gasteiger partial charge in [0.25, 0.3) is 0 Å². The highest BCUT2D eigenvalue weighted by atomic mass is 16.5. The summed E-state index contributed by atoms with van der Waals surface area (Å²) in [6.45, 7) is 0. The maximum Gasteiger partial charge on any atom is 0.127 e. The molecule has 0 heterocycles. The number of hydrogen-bond acceptors (Lipinski definition) is 2. The molecule has 3 heteroatoms. The molecule has 15 heavy (non-hydrogen) atoms. The van der Waals surface area contributed by atoms with Crippen molar-refractivity contribution in [2.24, 2.45) is 10.7 Å². The van der Waals surface area contributed by atoms with Crippen LogP contribution in [0.2, 0.25) is 0 Å². The number of nitrogens with two attached hydrogens (primary N) is 1. The van der Waals surface area contributed by atoms with Gasteiger partial charge in [0.1, 0.15) is 11.4 Å². The topological polar surface area (TPSA) is 47.6 Å². The van der Waals surface area contributed by atoms with E-state index in [2.05, 4.69) is 4.99 Å². The average Bonchev–Trinajstić information content (AvgIpc) is 3.03. The van der Waals surface area contributed by atoms with Crippen LogP contribution in [-0.4, -0.2) is 24.6 Å². The maximum atomic E-state index is 6.13. The van der Waals surface area contributed by atoms with Crippen molar-refractivity contribution >= 4 is 5.84 Å². The molecule has 2 aliphatic carbocycles. The second kappa shape index (κ2) is 4.52. The minimum Gasteiger partial charge on any atom is -0.385 e. The van der Waals surface area contributed by atoms with Gasteiger partial charge in [0.15, 0.2) is 0 Å². The van der Waals surface area contributed by atoms with E-state index in [4.69, 9.17) is 10.5 Å². The van der Waals surface area contributed by atoms with Crippen molar-refractivity contribution in [1.82, 2.24) is 0 Å². The summed E-state index contributed by atoms with van der Waals surface area (Å²) < 4.78 is 5.69. The number of hydrogen-bond donors (Lipinski definition) is 1. The van der Waals surface area contributed by atoms with Crippen LogP contribution in [0.5, 0.6) is 0 Å². The molecular formula is C12H22N2O. The lowest BCUT2D eigenvalue weighted by Crippen LogP contribution is -2.45. The van der Waals surface area contributed by atoms with Crippen LogP contribution >= 0.6 is 0 Å². The summed E-state index contributed by atoms with van der Waals surface area (Å²) >= 11 is 0. The summed E-state index contributed by atoms with van der Waals surface area (Å²) in [5, 5.41) is 0. The van der Waals surface area contributed by atoms with Crippen LogP contribution in [0.1, 0.15) is 51.4 Å². The zero-order valence-corrected chi connectivity index (χ0v) is 9.67. The van der Waals surface area contributed by atoms with Crippen LogP contribution in [0.3, 0.4) is 0 Å². The average molecular weight is 210 g/mol. The predicted octanol–water partition coefficient (Wildman–Crippen LogP) is 2.25. The molecule has 0 amide bonds. The standard InChI is InChI=1S/C12H22N2O/c1-15-12(8-4-2-3-5-9-12)11(13)14-10-6-7-10/h10H,2-9H2,1H3,(H2,13,14). The summed E-state index contributed by atoms with van der Waals surface area (Å²) in [4.78, 5) is 4.57. The van der Waals surface area contributed by atoms with E-state index >= 15 is 0 Å². The van der Waals surface area contributed by atoms with Crippen LogP contribution in [-0.2, 0) is 4.74 Å². The van der Waals surface area contributed by atoms with E-state index in [0.717, 1.165) is 18.7 Å². The molecule has 2 saturated carbocycles. The van der Waals surface area contributed by atoms with Crippen molar-refractivity contribution in [3.8, 4) is 0 Å². The second-order valence-electron chi connectivity index (χ2n) is 4.86. The lowest BCUT2D eigenvalue weighted by molar-refractivity contribution is 0.0359. The Balaban J connectivity index is 2.09. The van der Waals surface area contributed by atoms with Gasteiger partial charge in [-0.05, 0) is 25.7 Å². The Bertz CT molecular complexity index is 238. The fraction of sp³-hybridized carbons (Fsp3) is 0.917. The number of methoxy groups -OCH3 is 1. The van der Waals surface area contributed by atoms with E-state index < -0.39 is 0 Å². The second-order valence-corrected chi connectivity index (χ2v) is 4.86. The van der Waals surface area contributed by atoms with Gasteiger partial charge in [-0.2, -0.15) is 0 Å². The minimum absolute atomic E-state index is 0.237. The molecule has 0 bridgehead atoms. The highest BCUT2D eigenvalue weighted by Crippen LogP contribution is 2.32. The molecule has 0 aromatic rings. The Morgan fingerprint density at radius 1 is 1.20 bits per heavy atom. The van der Waals surface area contributed by atoms with Gasteiger partial charge in [-0.25, -0.2) is 0 Å². The smallest absolute Gasteiger partial charge is 0.127 e. The highest BCUT2D eigenvalue weighted by Gasteiger charge is 2.36. The van der Waals surface area contributed by atoms with Crippen LogP contribution in [0, 0.1) is 0 Å². The summed E-state index contributed by atoms with van der Waals surface area (Å²) in [5.74, 6) is 0.759. The van der Waals surface area contributed by atoms with Crippen molar-refractivity contribution < 1.29 is 4.74 Å². The van der Waals surface area contributed by atoms with E-state index in [-0.39, 0.29) is 5.60 Å². The normalized spacial score (nSPS) is 27.4. The Kier molecular flexibility index (Phi) is 3.29. The SMILES string of the molecule is COC1(C(N)=NC2CC2)CCCCCC1. The molecule has 0 saturated heterocycles. The van der Waals surface area contributed by atoms with Gasteiger partial charge >= 0.3 is 0 Å². The van der Waals surface area contributed by atoms with Crippen LogP contribution in [0.25, 0.3) is 0 Å². The van der Waals surface area contributed by atoms with Gasteiger partial charge < -0.3 is 10.5 Å². The van der Waals surface area contributed by atoms with E-state index in [1.54, 1.807) is 7.11 Å². The predicted molar refractivity (Wildman–Crippen MR) is 62.1 cm³/mol. The van der Waals surface area contributed by atoms with Gasteiger partial charge in [0, 0.05) is 7.11 Å². The van der Waals surface area contributed by atoms with Gasteiger partial charge in [-0.1, -0.05) is 25.7 Å². The van der Waals surface area contributed by atoms with Crippen LogP contribution < -0.4 is 5.73 Å². The zero-order chi connectivity index (χ0) is 10.7. The summed E-state index contributed by atoms with van der Waals surface area (Å²) in [5.41, 5.74) is 5.89. The Morgan fingerprint density at radius 2 is 1.80 bits per heavy atom. The lowest BCUT2D eigenvalue weighted by atomic mass is 9.93. The molecule has 86 valence electrons. The Morgan fingerprint density at radius 3 is 2.27 bits per heavy atom. The van der Waals surface area contributed by atoms with Gasteiger partial charge in [-0.3, -0.25) is 4.99 Å². The molecule has 0 aromatic carbocycles. The molecule has 0 aromatic heterocycles. The summed E-state index contributed by atoms with van der Waals surface area (Å²) in [7, 11) is 1.78. The van der Waals surface area contributed by atoms with Crippen molar-refractivity contribution in [2.75, 3.05) is 7.11 Å². The Labute approximate surface area is 92.1 Å². The number of ether oxygens (including phenoxy) is 1. The molecule has 0 radical (unpaired) electrons. The fourth-order valence-electron chi connectivity index (χ4n) is 2.38. The number of amidine groups is 1. The highest BCUT2D eigenvalue weighted by molar-refractivity contribution is 5.89. The van der Waals surface area contributed by atoms with Crippen LogP contribution in [0.4, 0.5) is 0 Å². The van der Waals surface area contributed by atoms with Gasteiger partial charge in [0.05, 0.1) is 6.04 Å². The first-order valence-electron chi connectivity index (χ1n) is 6.16. The number of nitrogens with zero attached hydrogens (tertiary/aromatic N) is 1. The summed E-state index contributed by atoms with van der Waals surface area (Å²) in [6, 6.07) is 0.500. The van der Waals surface area contributed by atoms with E-state index in [9.17, 15) is 0 Å². The third-order valence-corrected chi connectivity index (χ3v) is 3.64. The van der Waals surface area contributed by atoms with E-state index in [0.29, 0.717) is 6.04 Å². The zero-order valence-electron chi connectivity index (χ0n) is 9.67. The molecule has 2 aliphatic rings. The monoisotopic (exact) mass is 210 g/mol. The molecule has 2 rings (SSSR count). The lowest BCUT2D eigenvalue weighted by Gasteiger charge is -2.30. The molecule has 2 fully saturated rings. The van der Waals surface area contributed by atoms with Crippen LogP contribution in [0.15, 0.2) is 4.99 Å². The Hall–Kier alpha value is -0.570. The first-order chi connectivity index (χ1) is 7.27. The molecular weight excluding hydrogens is 188 g/mol. The third-order valence-electron chi connectivity index (χ3n) is 3.64. The number of aliphatic imine (C=N–C) groups is 1. The van der Waals surface area contributed by atoms with Crippen molar-refractivity contribution in [3.63, 3.8) is 0 Å². The molecule has 0 unspecified atom stereocenters. The molecule has 3 nitrogen and oxygen atoms in total. The maximum absolute atomic E-state index is 6.13. The van der Waals surface area contributed by atoms with Crippen molar-refractivity contribution in [3.05, 3.63) is 0 Å². The van der Waals surface area contributed by atoms with Gasteiger partial charge in [-0.15, -0.1) is 0 Å². The molecule has 0 atom stereocenters. The van der Waals surface area contributed by atoms with E-state index in [1.807, 2.05) is 0 Å². The largest absolute Gasteiger partial charge is 0.385 e. The van der Waals surface area contributed by atoms with Crippen molar-refractivity contribution in [1.29, 1.82) is 0 Å². The first kappa shape index (κ1) is 10.9.